The zero-order valence-electron chi connectivity index (χ0n) is 14.8. The Hall–Kier alpha value is -2.33. The van der Waals surface area contributed by atoms with Crippen LogP contribution in [0.2, 0.25) is 0 Å². The second-order valence-electron chi connectivity index (χ2n) is 5.84. The van der Waals surface area contributed by atoms with Crippen LogP contribution in [0.3, 0.4) is 0 Å². The van der Waals surface area contributed by atoms with E-state index < -0.39 is 5.25 Å². The lowest BCUT2D eigenvalue weighted by atomic mass is 10.1. The van der Waals surface area contributed by atoms with Gasteiger partial charge in [0.25, 0.3) is 10.5 Å². The lowest BCUT2D eigenvalue weighted by molar-refractivity contribution is -0.125. The molecule has 1 aliphatic rings. The number of amides is 3. The van der Waals surface area contributed by atoms with Crippen molar-refractivity contribution in [3.63, 3.8) is 0 Å². The molecule has 10 heteroatoms. The molecule has 1 saturated heterocycles. The average molecular weight is 406 g/mol. The van der Waals surface area contributed by atoms with Crippen LogP contribution >= 0.6 is 23.5 Å². The number of nitrogens with one attached hydrogen (secondary N) is 1. The predicted molar refractivity (Wildman–Crippen MR) is 102 cm³/mol. The molecule has 1 N–H and O–H groups in total. The van der Waals surface area contributed by atoms with Gasteiger partial charge in [0.2, 0.25) is 17.7 Å². The number of rotatable bonds is 7. The Kier molecular flexibility index (Phi) is 6.17. The maximum atomic E-state index is 12.2. The van der Waals surface area contributed by atoms with Crippen molar-refractivity contribution in [1.82, 2.24) is 20.4 Å². The molecule has 3 amide bonds. The molecule has 2 aromatic rings. The van der Waals surface area contributed by atoms with E-state index in [0.29, 0.717) is 11.1 Å². The first-order valence-corrected chi connectivity index (χ1v) is 10.1. The molecule has 142 valence electrons. The Morgan fingerprint density at radius 2 is 2.15 bits per heavy atom. The Morgan fingerprint density at radius 1 is 1.37 bits per heavy atom. The van der Waals surface area contributed by atoms with Crippen LogP contribution in [0.1, 0.15) is 12.5 Å². The normalized spacial score (nSPS) is 15.3. The molecule has 2 heterocycles. The standard InChI is InChI=1S/C17H18N4O4S2/c1-10-5-3-4-6-12(10)15-19-20-16(25-15)27-11(2)14(23)18-7-8-21-13(22)9-26-17(21)24/h3-6,11H,7-9H2,1-2H3,(H,18,23)/t11-/m0/s1. The Bertz CT molecular complexity index is 854. The summed E-state index contributed by atoms with van der Waals surface area (Å²) in [6.45, 7) is 4.06. The molecule has 1 atom stereocenters. The number of hydrogen-bond acceptors (Lipinski definition) is 8. The van der Waals surface area contributed by atoms with Crippen LogP contribution in [-0.4, -0.2) is 56.2 Å². The number of benzene rings is 1. The molecule has 1 fully saturated rings. The fourth-order valence-electron chi connectivity index (χ4n) is 2.42. The van der Waals surface area contributed by atoms with Gasteiger partial charge in [0.1, 0.15) is 0 Å². The largest absolute Gasteiger partial charge is 0.411 e. The summed E-state index contributed by atoms with van der Waals surface area (Å²) in [6.07, 6.45) is 0. The molecule has 1 aliphatic heterocycles. The summed E-state index contributed by atoms with van der Waals surface area (Å²) in [4.78, 5) is 36.4. The first kappa shape index (κ1) is 19.4. The van der Waals surface area contributed by atoms with Crippen molar-refractivity contribution in [3.8, 4) is 11.5 Å². The highest BCUT2D eigenvalue weighted by Gasteiger charge is 2.29. The van der Waals surface area contributed by atoms with Gasteiger partial charge in [-0.2, -0.15) is 0 Å². The van der Waals surface area contributed by atoms with Crippen LogP contribution in [0.25, 0.3) is 11.5 Å². The number of carbonyl (C=O) groups is 3. The summed E-state index contributed by atoms with van der Waals surface area (Å²) >= 11 is 2.13. The second-order valence-corrected chi connectivity index (χ2v) is 8.06. The highest BCUT2D eigenvalue weighted by molar-refractivity contribution is 8.14. The van der Waals surface area contributed by atoms with Gasteiger partial charge in [-0.25, -0.2) is 0 Å². The topological polar surface area (TPSA) is 105 Å². The van der Waals surface area contributed by atoms with Crippen LogP contribution in [0.5, 0.6) is 0 Å². The lowest BCUT2D eigenvalue weighted by Crippen LogP contribution is -2.39. The third-order valence-corrected chi connectivity index (χ3v) is 5.70. The first-order valence-electron chi connectivity index (χ1n) is 8.26. The number of aromatic nitrogens is 2. The summed E-state index contributed by atoms with van der Waals surface area (Å²) in [6, 6.07) is 7.67. The Labute approximate surface area is 164 Å². The van der Waals surface area contributed by atoms with E-state index in [-0.39, 0.29) is 35.9 Å². The van der Waals surface area contributed by atoms with Gasteiger partial charge < -0.3 is 9.73 Å². The number of carbonyl (C=O) groups excluding carboxylic acids is 3. The molecule has 3 rings (SSSR count). The van der Waals surface area contributed by atoms with Crippen LogP contribution in [0, 0.1) is 6.92 Å². The van der Waals surface area contributed by atoms with Gasteiger partial charge in [-0.15, -0.1) is 10.2 Å². The molecule has 1 aromatic carbocycles. The minimum Gasteiger partial charge on any atom is -0.411 e. The molecule has 0 radical (unpaired) electrons. The van der Waals surface area contributed by atoms with E-state index in [0.717, 1.165) is 39.6 Å². The van der Waals surface area contributed by atoms with Crippen LogP contribution in [0.15, 0.2) is 33.9 Å². The van der Waals surface area contributed by atoms with Crippen molar-refractivity contribution in [2.75, 3.05) is 18.8 Å². The molecule has 0 spiro atoms. The zero-order chi connectivity index (χ0) is 19.4. The molecule has 0 bridgehead atoms. The van der Waals surface area contributed by atoms with E-state index in [4.69, 9.17) is 4.42 Å². The number of aryl methyl sites for hydroxylation is 1. The minimum atomic E-state index is -0.463. The molecule has 0 aliphatic carbocycles. The highest BCUT2D eigenvalue weighted by Crippen LogP contribution is 2.27. The third-order valence-electron chi connectivity index (χ3n) is 3.90. The number of nitrogens with zero attached hydrogens (tertiary/aromatic N) is 3. The quantitative estimate of drug-likeness (QED) is 0.699. The number of thioether (sulfide) groups is 2. The van der Waals surface area contributed by atoms with E-state index in [1.165, 1.54) is 0 Å². The molecule has 8 nitrogen and oxygen atoms in total. The number of hydrogen-bond donors (Lipinski definition) is 1. The van der Waals surface area contributed by atoms with Crippen molar-refractivity contribution in [2.45, 2.75) is 24.3 Å². The fraction of sp³-hybridized carbons (Fsp3) is 0.353. The van der Waals surface area contributed by atoms with Gasteiger partial charge >= 0.3 is 0 Å². The Morgan fingerprint density at radius 3 is 2.85 bits per heavy atom. The smallest absolute Gasteiger partial charge is 0.288 e. The zero-order valence-corrected chi connectivity index (χ0v) is 16.4. The Balaban J connectivity index is 1.51. The second kappa shape index (κ2) is 8.57. The van der Waals surface area contributed by atoms with E-state index in [1.54, 1.807) is 6.92 Å². The molecular weight excluding hydrogens is 388 g/mol. The molecule has 0 unspecified atom stereocenters. The maximum absolute atomic E-state index is 12.2. The maximum Gasteiger partial charge on any atom is 0.288 e. The first-order chi connectivity index (χ1) is 13.0. The summed E-state index contributed by atoms with van der Waals surface area (Å²) in [7, 11) is 0. The van der Waals surface area contributed by atoms with Crippen molar-refractivity contribution >= 4 is 40.6 Å². The van der Waals surface area contributed by atoms with Crippen molar-refractivity contribution < 1.29 is 18.8 Å². The number of imide groups is 1. The van der Waals surface area contributed by atoms with Gasteiger partial charge in [-0.05, 0) is 25.5 Å². The van der Waals surface area contributed by atoms with Gasteiger partial charge in [0.15, 0.2) is 0 Å². The van der Waals surface area contributed by atoms with Gasteiger partial charge in [0.05, 0.1) is 11.0 Å². The predicted octanol–water partition coefficient (Wildman–Crippen LogP) is 2.34. The van der Waals surface area contributed by atoms with Gasteiger partial charge in [-0.1, -0.05) is 41.7 Å². The molecule has 0 saturated carbocycles. The molecular formula is C17H18N4O4S2. The summed E-state index contributed by atoms with van der Waals surface area (Å²) < 4.78 is 5.65. The van der Waals surface area contributed by atoms with Gasteiger partial charge in [-0.3, -0.25) is 19.3 Å². The third kappa shape index (κ3) is 4.69. The minimum absolute atomic E-state index is 0.166. The SMILES string of the molecule is Cc1ccccc1-c1nnc(S[C@@H](C)C(=O)NCCN2C(=O)CSC2=O)o1. The van der Waals surface area contributed by atoms with E-state index in [2.05, 4.69) is 15.5 Å². The summed E-state index contributed by atoms with van der Waals surface area (Å²) in [5.41, 5.74) is 1.87. The fourth-order valence-corrected chi connectivity index (χ4v) is 3.88. The van der Waals surface area contributed by atoms with Crippen molar-refractivity contribution in [3.05, 3.63) is 29.8 Å². The van der Waals surface area contributed by atoms with Crippen LogP contribution < -0.4 is 5.32 Å². The average Bonchev–Trinajstić information content (AvgIpc) is 3.23. The molecule has 27 heavy (non-hydrogen) atoms. The summed E-state index contributed by atoms with van der Waals surface area (Å²) in [5, 5.41) is 10.3. The van der Waals surface area contributed by atoms with Crippen LogP contribution in [-0.2, 0) is 9.59 Å². The van der Waals surface area contributed by atoms with Crippen molar-refractivity contribution in [2.24, 2.45) is 0 Å². The summed E-state index contributed by atoms with van der Waals surface area (Å²) in [5.74, 6) is 0.116. The van der Waals surface area contributed by atoms with E-state index in [1.807, 2.05) is 31.2 Å². The highest BCUT2D eigenvalue weighted by atomic mass is 32.2. The molecule has 1 aromatic heterocycles. The monoisotopic (exact) mass is 406 g/mol. The van der Waals surface area contributed by atoms with Gasteiger partial charge in [0, 0.05) is 18.7 Å². The van der Waals surface area contributed by atoms with Crippen LogP contribution in [0.4, 0.5) is 4.79 Å². The lowest BCUT2D eigenvalue weighted by Gasteiger charge is -2.14. The van der Waals surface area contributed by atoms with Crippen molar-refractivity contribution in [1.29, 1.82) is 0 Å². The van der Waals surface area contributed by atoms with E-state index in [9.17, 15) is 14.4 Å². The van der Waals surface area contributed by atoms with E-state index >= 15 is 0 Å².